The number of rotatable bonds is 9. The second-order valence-electron chi connectivity index (χ2n) is 8.84. The number of nitrogens with zero attached hydrogens (tertiary/aromatic N) is 3. The van der Waals surface area contributed by atoms with Crippen LogP contribution in [0.4, 0.5) is 0 Å². The average molecular weight is 445 g/mol. The number of ether oxygens (including phenoxy) is 1. The van der Waals surface area contributed by atoms with Gasteiger partial charge in [0.1, 0.15) is 0 Å². The molecule has 1 aliphatic rings. The molecule has 1 fully saturated rings. The number of fused-ring (bicyclic) bond motifs is 1. The Morgan fingerprint density at radius 2 is 2.27 bits per heavy atom. The molecule has 0 bridgehead atoms. The third kappa shape index (κ3) is 5.44. The third-order valence-electron chi connectivity index (χ3n) is 6.17. The van der Waals surface area contributed by atoms with E-state index in [1.54, 1.807) is 7.11 Å². The predicted molar refractivity (Wildman–Crippen MR) is 131 cm³/mol. The van der Waals surface area contributed by atoms with E-state index in [4.69, 9.17) is 4.74 Å². The molecule has 6 nitrogen and oxygen atoms in total. The van der Waals surface area contributed by atoms with Gasteiger partial charge in [0.25, 0.3) is 5.91 Å². The Labute approximate surface area is 196 Å². The number of imidazole rings is 1. The first kappa shape index (κ1) is 23.0. The summed E-state index contributed by atoms with van der Waals surface area (Å²) in [6, 6.07) is 17.9. The van der Waals surface area contributed by atoms with Crippen molar-refractivity contribution in [1.82, 2.24) is 19.8 Å². The summed E-state index contributed by atoms with van der Waals surface area (Å²) in [6.45, 7) is 8.05. The van der Waals surface area contributed by atoms with Gasteiger partial charge in [-0.05, 0) is 62.2 Å². The Morgan fingerprint density at radius 3 is 3.03 bits per heavy atom. The quantitative estimate of drug-likeness (QED) is 0.510. The van der Waals surface area contributed by atoms with Crippen LogP contribution in [0, 0.1) is 18.1 Å². The van der Waals surface area contributed by atoms with E-state index in [0.717, 1.165) is 42.7 Å². The molecule has 1 amide bonds. The molecule has 1 aliphatic heterocycles. The van der Waals surface area contributed by atoms with Gasteiger partial charge in [-0.25, -0.2) is 4.98 Å². The van der Waals surface area contributed by atoms with Crippen LogP contribution in [0.3, 0.4) is 0 Å². The zero-order chi connectivity index (χ0) is 23.2. The van der Waals surface area contributed by atoms with Crippen molar-refractivity contribution < 1.29 is 9.53 Å². The molecular weight excluding hydrogens is 412 g/mol. The van der Waals surface area contributed by atoms with Gasteiger partial charge in [-0.15, -0.1) is 0 Å². The van der Waals surface area contributed by atoms with Gasteiger partial charge in [-0.1, -0.05) is 18.2 Å². The van der Waals surface area contributed by atoms with Crippen LogP contribution >= 0.6 is 0 Å². The Hall–Kier alpha value is -3.14. The molecule has 2 heterocycles. The number of benzene rings is 1. The number of amides is 1. The molecular formula is C27H32N4O2. The second kappa shape index (κ2) is 10.7. The highest BCUT2D eigenvalue weighted by Crippen LogP contribution is 2.23. The van der Waals surface area contributed by atoms with E-state index in [0.29, 0.717) is 18.7 Å². The Balaban J connectivity index is 1.54. The Morgan fingerprint density at radius 1 is 1.39 bits per heavy atom. The SMILES string of the molecule is COCCCn1cnc2ccc(C(=O)N(C[C@@H]3CNC/C3=C\c3c#cccc3)C(C)C)cc21. The van der Waals surface area contributed by atoms with E-state index in [9.17, 15) is 4.79 Å². The molecule has 172 valence electrons. The minimum Gasteiger partial charge on any atom is -0.385 e. The van der Waals surface area contributed by atoms with Gasteiger partial charge in [0.15, 0.2) is 0 Å². The van der Waals surface area contributed by atoms with Gasteiger partial charge < -0.3 is 19.5 Å². The highest BCUT2D eigenvalue weighted by atomic mass is 16.5. The van der Waals surface area contributed by atoms with Crippen LogP contribution in [0.25, 0.3) is 17.1 Å². The van der Waals surface area contributed by atoms with Crippen molar-refractivity contribution in [3.05, 3.63) is 71.6 Å². The summed E-state index contributed by atoms with van der Waals surface area (Å²) in [5.74, 6) is 0.329. The first-order valence-electron chi connectivity index (χ1n) is 11.6. The first-order chi connectivity index (χ1) is 16.1. The maximum absolute atomic E-state index is 13.6. The first-order valence-corrected chi connectivity index (χ1v) is 11.6. The Bertz CT molecular complexity index is 1100. The van der Waals surface area contributed by atoms with Crippen molar-refractivity contribution in [2.24, 2.45) is 5.92 Å². The molecule has 2 aromatic carbocycles. The van der Waals surface area contributed by atoms with Crippen LogP contribution in [-0.2, 0) is 11.3 Å². The standard InChI is InChI=1S/C27H32N4O2/c1-20(2)31(18-24-17-28-16-23(24)14-21-8-5-4-6-9-21)27(32)22-10-11-25-26(15-22)30(19-29-25)12-7-13-33-3/h4-5,8,10-11,14-15,19-20,24,28H,7,12-13,16-18H2,1-3H3/b23-14+/t24-/m0/s1. The highest BCUT2D eigenvalue weighted by molar-refractivity contribution is 5.97. The molecule has 33 heavy (non-hydrogen) atoms. The second-order valence-corrected chi connectivity index (χ2v) is 8.84. The van der Waals surface area contributed by atoms with Crippen LogP contribution < -0.4 is 5.32 Å². The van der Waals surface area contributed by atoms with Gasteiger partial charge in [0, 0.05) is 63.0 Å². The summed E-state index contributed by atoms with van der Waals surface area (Å²) < 4.78 is 7.27. The molecule has 3 aromatic rings. The summed E-state index contributed by atoms with van der Waals surface area (Å²) in [5.41, 5.74) is 4.92. The zero-order valence-corrected chi connectivity index (χ0v) is 19.7. The molecule has 0 aliphatic carbocycles. The number of nitrogens with one attached hydrogen (secondary N) is 1. The van der Waals surface area contributed by atoms with E-state index in [1.807, 2.05) is 47.6 Å². The van der Waals surface area contributed by atoms with Crippen LogP contribution in [0.5, 0.6) is 0 Å². The lowest BCUT2D eigenvalue weighted by Gasteiger charge is -2.30. The summed E-state index contributed by atoms with van der Waals surface area (Å²) in [6.07, 6.45) is 4.92. The topological polar surface area (TPSA) is 59.4 Å². The minimum atomic E-state index is 0.0578. The maximum atomic E-state index is 13.6. The van der Waals surface area contributed by atoms with Gasteiger partial charge >= 0.3 is 0 Å². The monoisotopic (exact) mass is 444 g/mol. The number of carbonyl (C=O) groups is 1. The van der Waals surface area contributed by atoms with Crippen LogP contribution in [0.1, 0.15) is 36.2 Å². The molecule has 6 heteroatoms. The Kier molecular flexibility index (Phi) is 7.43. The molecule has 1 saturated heterocycles. The number of hydrogen-bond acceptors (Lipinski definition) is 4. The fourth-order valence-electron chi connectivity index (χ4n) is 4.35. The van der Waals surface area contributed by atoms with Crippen molar-refractivity contribution in [2.45, 2.75) is 32.9 Å². The van der Waals surface area contributed by atoms with E-state index in [-0.39, 0.29) is 17.9 Å². The lowest BCUT2D eigenvalue weighted by molar-refractivity contribution is 0.0687. The molecule has 1 aromatic heterocycles. The number of carbonyl (C=O) groups excluding carboxylic acids is 1. The van der Waals surface area contributed by atoms with Crippen molar-refractivity contribution in [2.75, 3.05) is 33.4 Å². The van der Waals surface area contributed by atoms with E-state index in [2.05, 4.69) is 46.9 Å². The lowest BCUT2D eigenvalue weighted by atomic mass is 9.98. The van der Waals surface area contributed by atoms with E-state index < -0.39 is 0 Å². The van der Waals surface area contributed by atoms with Crippen molar-refractivity contribution in [1.29, 1.82) is 0 Å². The van der Waals surface area contributed by atoms with Gasteiger partial charge in [0.2, 0.25) is 0 Å². The molecule has 1 N–H and O–H groups in total. The molecule has 0 radical (unpaired) electrons. The third-order valence-corrected chi connectivity index (χ3v) is 6.17. The number of aryl methyl sites for hydroxylation is 1. The highest BCUT2D eigenvalue weighted by Gasteiger charge is 2.28. The van der Waals surface area contributed by atoms with Crippen molar-refractivity contribution in [3.8, 4) is 0 Å². The molecule has 0 saturated carbocycles. The minimum absolute atomic E-state index is 0.0578. The van der Waals surface area contributed by atoms with Crippen LogP contribution in [0.15, 0.2) is 48.3 Å². The number of methoxy groups -OCH3 is 1. The lowest BCUT2D eigenvalue weighted by Crippen LogP contribution is -2.41. The summed E-state index contributed by atoms with van der Waals surface area (Å²) in [7, 11) is 1.71. The summed E-state index contributed by atoms with van der Waals surface area (Å²) >= 11 is 0. The van der Waals surface area contributed by atoms with Gasteiger partial charge in [-0.3, -0.25) is 4.79 Å². The molecule has 1 atom stereocenters. The van der Waals surface area contributed by atoms with E-state index >= 15 is 0 Å². The maximum Gasteiger partial charge on any atom is 0.254 e. The van der Waals surface area contributed by atoms with Gasteiger partial charge in [-0.2, -0.15) is 0 Å². The van der Waals surface area contributed by atoms with Crippen molar-refractivity contribution in [3.63, 3.8) is 0 Å². The smallest absolute Gasteiger partial charge is 0.254 e. The largest absolute Gasteiger partial charge is 0.385 e. The van der Waals surface area contributed by atoms with Crippen molar-refractivity contribution >= 4 is 23.0 Å². The summed E-state index contributed by atoms with van der Waals surface area (Å²) in [5, 5.41) is 3.47. The fraction of sp³-hybridized carbons (Fsp3) is 0.407. The van der Waals surface area contributed by atoms with Crippen LogP contribution in [-0.4, -0.2) is 59.8 Å². The molecule has 0 unspecified atom stereocenters. The predicted octanol–water partition coefficient (Wildman–Crippen LogP) is 3.83. The normalized spacial score (nSPS) is 17.1. The molecule has 4 rings (SSSR count). The molecule has 0 spiro atoms. The number of aromatic nitrogens is 2. The number of hydrogen-bond donors (Lipinski definition) is 1. The van der Waals surface area contributed by atoms with Crippen LogP contribution in [0.2, 0.25) is 0 Å². The fourth-order valence-corrected chi connectivity index (χ4v) is 4.35. The van der Waals surface area contributed by atoms with E-state index in [1.165, 1.54) is 5.57 Å². The summed E-state index contributed by atoms with van der Waals surface area (Å²) in [4.78, 5) is 20.1. The average Bonchev–Trinajstić information content (AvgIpc) is 3.44. The zero-order valence-electron chi connectivity index (χ0n) is 19.7. The van der Waals surface area contributed by atoms with Gasteiger partial charge in [0.05, 0.1) is 17.4 Å².